The molecule has 2 fully saturated rings. The van der Waals surface area contributed by atoms with E-state index in [1.165, 1.54) is 38.5 Å². The molecule has 20 heavy (non-hydrogen) atoms. The maximum atomic E-state index is 10.2. The summed E-state index contributed by atoms with van der Waals surface area (Å²) < 4.78 is 5.36. The molecule has 2 aliphatic rings. The lowest BCUT2D eigenvalue weighted by atomic mass is 9.82. The summed E-state index contributed by atoms with van der Waals surface area (Å²) in [5.41, 5.74) is 0. The molecule has 0 amide bonds. The fourth-order valence-electron chi connectivity index (χ4n) is 3.87. The first-order chi connectivity index (χ1) is 9.72. The van der Waals surface area contributed by atoms with E-state index in [1.807, 2.05) is 0 Å². The Morgan fingerprint density at radius 2 is 2.00 bits per heavy atom. The summed E-state index contributed by atoms with van der Waals surface area (Å²) in [5.74, 6) is 3.14. The number of hydrogen-bond acceptors (Lipinski definition) is 4. The third-order valence-electron chi connectivity index (χ3n) is 5.11. The number of hydrogen-bond donors (Lipinski definition) is 1. The maximum absolute atomic E-state index is 10.2. The lowest BCUT2D eigenvalue weighted by molar-refractivity contribution is 0.102. The van der Waals surface area contributed by atoms with Gasteiger partial charge in [0.1, 0.15) is 0 Å². The van der Waals surface area contributed by atoms with Crippen molar-refractivity contribution in [3.05, 3.63) is 11.7 Å². The van der Waals surface area contributed by atoms with E-state index < -0.39 is 0 Å². The summed E-state index contributed by atoms with van der Waals surface area (Å²) in [6.07, 6.45) is 9.93. The summed E-state index contributed by atoms with van der Waals surface area (Å²) >= 11 is 0. The van der Waals surface area contributed by atoms with Gasteiger partial charge in [0.25, 0.3) is 0 Å². The Bertz CT molecular complexity index is 426. The summed E-state index contributed by atoms with van der Waals surface area (Å²) in [6, 6.07) is 0. The highest BCUT2D eigenvalue weighted by atomic mass is 16.5. The first-order valence-corrected chi connectivity index (χ1v) is 8.23. The van der Waals surface area contributed by atoms with Crippen LogP contribution in [0.2, 0.25) is 0 Å². The number of aromatic nitrogens is 2. The Hall–Kier alpha value is -0.900. The van der Waals surface area contributed by atoms with Crippen molar-refractivity contribution in [1.82, 2.24) is 10.1 Å². The third-order valence-corrected chi connectivity index (χ3v) is 5.11. The summed E-state index contributed by atoms with van der Waals surface area (Å²) in [5, 5.41) is 14.4. The highest BCUT2D eigenvalue weighted by Crippen LogP contribution is 2.35. The largest absolute Gasteiger partial charge is 0.392 e. The third kappa shape index (κ3) is 3.22. The van der Waals surface area contributed by atoms with Gasteiger partial charge in [-0.05, 0) is 37.5 Å². The fraction of sp³-hybridized carbons (Fsp3) is 0.875. The second kappa shape index (κ2) is 6.25. The van der Waals surface area contributed by atoms with Gasteiger partial charge in [0.15, 0.2) is 5.82 Å². The van der Waals surface area contributed by atoms with Crippen LogP contribution in [0.5, 0.6) is 0 Å². The minimum absolute atomic E-state index is 0.309. The Balaban J connectivity index is 1.58. The Kier molecular flexibility index (Phi) is 4.39. The first kappa shape index (κ1) is 14.1. The second-order valence-corrected chi connectivity index (χ2v) is 6.83. The normalized spacial score (nSPS) is 29.7. The zero-order valence-corrected chi connectivity index (χ0v) is 12.4. The molecule has 0 aliphatic heterocycles. The maximum Gasteiger partial charge on any atom is 0.229 e. The van der Waals surface area contributed by atoms with E-state index in [1.54, 1.807) is 0 Å². The molecule has 3 unspecified atom stereocenters. The molecule has 3 atom stereocenters. The molecule has 0 spiro atoms. The summed E-state index contributed by atoms with van der Waals surface area (Å²) in [6.45, 7) is 2.30. The van der Waals surface area contributed by atoms with E-state index in [0.717, 1.165) is 24.6 Å². The smallest absolute Gasteiger partial charge is 0.229 e. The van der Waals surface area contributed by atoms with E-state index >= 15 is 0 Å². The van der Waals surface area contributed by atoms with Crippen LogP contribution in [0.25, 0.3) is 0 Å². The Morgan fingerprint density at radius 1 is 1.20 bits per heavy atom. The van der Waals surface area contributed by atoms with Crippen molar-refractivity contribution in [3.63, 3.8) is 0 Å². The lowest BCUT2D eigenvalue weighted by Gasteiger charge is -2.23. The average molecular weight is 278 g/mol. The first-order valence-electron chi connectivity index (χ1n) is 8.23. The van der Waals surface area contributed by atoms with Crippen LogP contribution in [-0.4, -0.2) is 21.4 Å². The van der Waals surface area contributed by atoms with Gasteiger partial charge < -0.3 is 9.63 Å². The fourth-order valence-corrected chi connectivity index (χ4v) is 3.87. The molecule has 1 aromatic heterocycles. The minimum Gasteiger partial charge on any atom is -0.392 e. The molecule has 1 heterocycles. The van der Waals surface area contributed by atoms with Crippen LogP contribution in [0, 0.1) is 11.8 Å². The number of aliphatic hydroxyl groups excluding tert-OH is 1. The van der Waals surface area contributed by atoms with Crippen LogP contribution in [0.4, 0.5) is 0 Å². The highest BCUT2D eigenvalue weighted by molar-refractivity contribution is 4.98. The molecular formula is C16H26N2O2. The monoisotopic (exact) mass is 278 g/mol. The number of aliphatic hydroxyl groups is 1. The van der Waals surface area contributed by atoms with Gasteiger partial charge in [-0.3, -0.25) is 0 Å². The van der Waals surface area contributed by atoms with Gasteiger partial charge in [-0.2, -0.15) is 4.98 Å². The van der Waals surface area contributed by atoms with Crippen LogP contribution in [-0.2, 0) is 6.42 Å². The number of rotatable bonds is 4. The van der Waals surface area contributed by atoms with Crippen molar-refractivity contribution in [2.75, 3.05) is 0 Å². The topological polar surface area (TPSA) is 59.2 Å². The minimum atomic E-state index is -0.309. The van der Waals surface area contributed by atoms with Crippen molar-refractivity contribution in [3.8, 4) is 0 Å². The molecule has 1 N–H and O–H groups in total. The molecule has 112 valence electrons. The molecule has 2 aliphatic carbocycles. The van der Waals surface area contributed by atoms with Crippen molar-refractivity contribution >= 4 is 0 Å². The average Bonchev–Trinajstić information content (AvgIpc) is 3.10. The Morgan fingerprint density at radius 3 is 2.75 bits per heavy atom. The van der Waals surface area contributed by atoms with Gasteiger partial charge in [-0.1, -0.05) is 37.8 Å². The lowest BCUT2D eigenvalue weighted by Crippen LogP contribution is -2.20. The molecule has 0 bridgehead atoms. The zero-order valence-electron chi connectivity index (χ0n) is 12.4. The van der Waals surface area contributed by atoms with E-state index in [9.17, 15) is 5.11 Å². The van der Waals surface area contributed by atoms with Gasteiger partial charge in [0.2, 0.25) is 5.89 Å². The van der Waals surface area contributed by atoms with E-state index in [4.69, 9.17) is 4.52 Å². The van der Waals surface area contributed by atoms with Gasteiger partial charge in [-0.25, -0.2) is 0 Å². The summed E-state index contributed by atoms with van der Waals surface area (Å²) in [7, 11) is 0. The standard InChI is InChI=1S/C16H26N2O2/c1-11-5-4-8-13(9-11)16-17-15(20-18-16)10-14(19)12-6-2-3-7-12/h11-14,19H,2-10H2,1H3. The molecule has 0 radical (unpaired) electrons. The molecular weight excluding hydrogens is 252 g/mol. The van der Waals surface area contributed by atoms with E-state index in [-0.39, 0.29) is 6.10 Å². The summed E-state index contributed by atoms with van der Waals surface area (Å²) in [4.78, 5) is 4.54. The molecule has 4 heteroatoms. The van der Waals surface area contributed by atoms with Crippen molar-refractivity contribution < 1.29 is 9.63 Å². The molecule has 0 aromatic carbocycles. The number of nitrogens with zero attached hydrogens (tertiary/aromatic N) is 2. The van der Waals surface area contributed by atoms with E-state index in [0.29, 0.717) is 24.1 Å². The Labute approximate surface area is 121 Å². The predicted octanol–water partition coefficient (Wildman–Crippen LogP) is 3.46. The van der Waals surface area contributed by atoms with Gasteiger partial charge in [0, 0.05) is 5.92 Å². The molecule has 4 nitrogen and oxygen atoms in total. The molecule has 0 saturated heterocycles. The van der Waals surface area contributed by atoms with Crippen molar-refractivity contribution in [2.45, 2.75) is 76.7 Å². The second-order valence-electron chi connectivity index (χ2n) is 6.83. The van der Waals surface area contributed by atoms with Crippen molar-refractivity contribution in [2.24, 2.45) is 11.8 Å². The van der Waals surface area contributed by atoms with Crippen molar-refractivity contribution in [1.29, 1.82) is 0 Å². The highest BCUT2D eigenvalue weighted by Gasteiger charge is 2.27. The molecule has 1 aromatic rings. The zero-order chi connectivity index (χ0) is 13.9. The van der Waals surface area contributed by atoms with Crippen LogP contribution >= 0.6 is 0 Å². The van der Waals surface area contributed by atoms with Gasteiger partial charge in [0.05, 0.1) is 12.5 Å². The van der Waals surface area contributed by atoms with E-state index in [2.05, 4.69) is 17.1 Å². The molecule has 3 rings (SSSR count). The van der Waals surface area contributed by atoms with Crippen LogP contribution < -0.4 is 0 Å². The quantitative estimate of drug-likeness (QED) is 0.916. The van der Waals surface area contributed by atoms with Crippen LogP contribution in [0.15, 0.2) is 4.52 Å². The van der Waals surface area contributed by atoms with Crippen LogP contribution in [0.1, 0.15) is 75.9 Å². The van der Waals surface area contributed by atoms with Crippen LogP contribution in [0.3, 0.4) is 0 Å². The van der Waals surface area contributed by atoms with Gasteiger partial charge >= 0.3 is 0 Å². The van der Waals surface area contributed by atoms with Gasteiger partial charge in [-0.15, -0.1) is 0 Å². The molecule has 2 saturated carbocycles. The SMILES string of the molecule is CC1CCCC(c2noc(CC(O)C3CCCC3)n2)C1. The predicted molar refractivity (Wildman–Crippen MR) is 76.3 cm³/mol.